The van der Waals surface area contributed by atoms with Crippen LogP contribution in [0.4, 0.5) is 0 Å². The Kier molecular flexibility index (Phi) is 7.03. The summed E-state index contributed by atoms with van der Waals surface area (Å²) in [4.78, 5) is 14.7. The highest BCUT2D eigenvalue weighted by atomic mass is 32.2. The molecule has 1 heterocycles. The number of nitrogens with one attached hydrogen (secondary N) is 1. The third-order valence-electron chi connectivity index (χ3n) is 5.11. The normalized spacial score (nSPS) is 19.5. The zero-order valence-electron chi connectivity index (χ0n) is 14.6. The van der Waals surface area contributed by atoms with Crippen LogP contribution >= 0.6 is 11.8 Å². The summed E-state index contributed by atoms with van der Waals surface area (Å²) in [5.74, 6) is 1.09. The Balaban J connectivity index is 1.36. The van der Waals surface area contributed by atoms with E-state index in [2.05, 4.69) is 22.3 Å². The molecular formula is C20H30N2OS. The third kappa shape index (κ3) is 5.52. The van der Waals surface area contributed by atoms with Crippen LogP contribution in [-0.2, 0) is 6.54 Å². The molecule has 0 radical (unpaired) electrons. The number of hydrogen-bond donors (Lipinski definition) is 1. The maximum Gasteiger partial charge on any atom is 0.251 e. The summed E-state index contributed by atoms with van der Waals surface area (Å²) in [5, 5.41) is 3.88. The fourth-order valence-electron chi connectivity index (χ4n) is 3.68. The molecule has 1 aromatic carbocycles. The molecular weight excluding hydrogens is 316 g/mol. The van der Waals surface area contributed by atoms with Gasteiger partial charge in [0.05, 0.1) is 0 Å². The van der Waals surface area contributed by atoms with E-state index in [4.69, 9.17) is 0 Å². The van der Waals surface area contributed by atoms with Gasteiger partial charge in [-0.2, -0.15) is 11.8 Å². The highest BCUT2D eigenvalue weighted by molar-refractivity contribution is 7.99. The van der Waals surface area contributed by atoms with Crippen LogP contribution in [0.3, 0.4) is 0 Å². The standard InChI is InChI=1S/C20H30N2OS/c23-20(21-12-15-24-19-6-2-1-3-7-19)18-10-8-17(9-11-18)16-22-13-4-5-14-22/h8-11,19H,1-7,12-16H2,(H,21,23). The van der Waals surface area contributed by atoms with Crippen molar-refractivity contribution < 1.29 is 4.79 Å². The van der Waals surface area contributed by atoms with Gasteiger partial charge >= 0.3 is 0 Å². The van der Waals surface area contributed by atoms with E-state index in [1.54, 1.807) is 0 Å². The highest BCUT2D eigenvalue weighted by Gasteiger charge is 2.14. The molecule has 1 saturated heterocycles. The second-order valence-corrected chi connectivity index (χ2v) is 8.48. The number of thioether (sulfide) groups is 1. The topological polar surface area (TPSA) is 32.3 Å². The van der Waals surface area contributed by atoms with Crippen LogP contribution in [0.25, 0.3) is 0 Å². The summed E-state index contributed by atoms with van der Waals surface area (Å²) in [6, 6.07) is 8.14. The van der Waals surface area contributed by atoms with Crippen LogP contribution in [0.1, 0.15) is 60.9 Å². The Hall–Kier alpha value is -1.00. The lowest BCUT2D eigenvalue weighted by molar-refractivity contribution is 0.0956. The minimum absolute atomic E-state index is 0.0620. The first-order valence-corrected chi connectivity index (χ1v) is 10.6. The number of benzene rings is 1. The number of amides is 1. The number of carbonyl (C=O) groups excluding carboxylic acids is 1. The number of rotatable bonds is 7. The minimum Gasteiger partial charge on any atom is -0.351 e. The lowest BCUT2D eigenvalue weighted by Crippen LogP contribution is -2.26. The molecule has 0 bridgehead atoms. The van der Waals surface area contributed by atoms with Gasteiger partial charge in [-0.3, -0.25) is 9.69 Å². The van der Waals surface area contributed by atoms with Crippen molar-refractivity contribution in [2.24, 2.45) is 0 Å². The van der Waals surface area contributed by atoms with Gasteiger partial charge in [-0.15, -0.1) is 0 Å². The van der Waals surface area contributed by atoms with Gasteiger partial charge in [-0.1, -0.05) is 31.4 Å². The lowest BCUT2D eigenvalue weighted by Gasteiger charge is -2.20. The van der Waals surface area contributed by atoms with Crippen LogP contribution in [0.2, 0.25) is 0 Å². The van der Waals surface area contributed by atoms with Gasteiger partial charge in [0.2, 0.25) is 0 Å². The number of nitrogens with zero attached hydrogens (tertiary/aromatic N) is 1. The smallest absolute Gasteiger partial charge is 0.251 e. The molecule has 0 aromatic heterocycles. The van der Waals surface area contributed by atoms with Gasteiger partial charge in [0.25, 0.3) is 5.91 Å². The average Bonchev–Trinajstić information content (AvgIpc) is 3.13. The predicted molar refractivity (Wildman–Crippen MR) is 103 cm³/mol. The van der Waals surface area contributed by atoms with Crippen LogP contribution in [0.15, 0.2) is 24.3 Å². The van der Waals surface area contributed by atoms with Gasteiger partial charge in [0, 0.05) is 29.7 Å². The van der Waals surface area contributed by atoms with E-state index in [0.717, 1.165) is 29.7 Å². The van der Waals surface area contributed by atoms with Crippen LogP contribution < -0.4 is 5.32 Å². The summed E-state index contributed by atoms with van der Waals surface area (Å²) in [7, 11) is 0. The van der Waals surface area contributed by atoms with Gasteiger partial charge < -0.3 is 5.32 Å². The van der Waals surface area contributed by atoms with Gasteiger partial charge in [0.15, 0.2) is 0 Å². The second kappa shape index (κ2) is 9.47. The molecule has 1 amide bonds. The van der Waals surface area contributed by atoms with Crippen molar-refractivity contribution in [3.05, 3.63) is 35.4 Å². The maximum absolute atomic E-state index is 12.2. The molecule has 1 N–H and O–H groups in total. The zero-order chi connectivity index (χ0) is 16.6. The molecule has 3 rings (SSSR count). The van der Waals surface area contributed by atoms with Crippen molar-refractivity contribution in [3.8, 4) is 0 Å². The zero-order valence-corrected chi connectivity index (χ0v) is 15.5. The first-order chi connectivity index (χ1) is 11.8. The summed E-state index contributed by atoms with van der Waals surface area (Å²) >= 11 is 2.03. The number of likely N-dealkylation sites (tertiary alicyclic amines) is 1. The van der Waals surface area contributed by atoms with Crippen LogP contribution in [-0.4, -0.2) is 41.4 Å². The van der Waals surface area contributed by atoms with E-state index in [0.29, 0.717) is 0 Å². The molecule has 2 fully saturated rings. The van der Waals surface area contributed by atoms with E-state index in [9.17, 15) is 4.79 Å². The van der Waals surface area contributed by atoms with E-state index < -0.39 is 0 Å². The highest BCUT2D eigenvalue weighted by Crippen LogP contribution is 2.27. The third-order valence-corrected chi connectivity index (χ3v) is 6.50. The van der Waals surface area contributed by atoms with Crippen molar-refractivity contribution in [1.29, 1.82) is 0 Å². The molecule has 24 heavy (non-hydrogen) atoms. The van der Waals surface area contributed by atoms with E-state index in [-0.39, 0.29) is 5.91 Å². The van der Waals surface area contributed by atoms with Crippen molar-refractivity contribution in [3.63, 3.8) is 0 Å². The predicted octanol–water partition coefficient (Wildman–Crippen LogP) is 4.08. The number of hydrogen-bond acceptors (Lipinski definition) is 3. The SMILES string of the molecule is O=C(NCCSC1CCCCC1)c1ccc(CN2CCCC2)cc1. The molecule has 0 spiro atoms. The van der Waals surface area contributed by atoms with Crippen molar-refractivity contribution in [2.45, 2.75) is 56.7 Å². The van der Waals surface area contributed by atoms with Gasteiger partial charge in [0.1, 0.15) is 0 Å². The first kappa shape index (κ1) is 17.8. The van der Waals surface area contributed by atoms with Crippen molar-refractivity contribution in [1.82, 2.24) is 10.2 Å². The summed E-state index contributed by atoms with van der Waals surface area (Å²) < 4.78 is 0. The summed E-state index contributed by atoms with van der Waals surface area (Å²) in [5.41, 5.74) is 2.09. The molecule has 3 nitrogen and oxygen atoms in total. The molecule has 132 valence electrons. The second-order valence-electron chi connectivity index (χ2n) is 7.07. The summed E-state index contributed by atoms with van der Waals surface area (Å²) in [6.07, 6.45) is 9.52. The Bertz CT molecular complexity index is 505. The monoisotopic (exact) mass is 346 g/mol. The number of carbonyl (C=O) groups is 1. The van der Waals surface area contributed by atoms with Gasteiger partial charge in [-0.25, -0.2) is 0 Å². The van der Waals surface area contributed by atoms with Crippen LogP contribution in [0.5, 0.6) is 0 Å². The maximum atomic E-state index is 12.2. The molecule has 1 aromatic rings. The van der Waals surface area contributed by atoms with E-state index >= 15 is 0 Å². The molecule has 2 aliphatic rings. The first-order valence-electron chi connectivity index (χ1n) is 9.52. The van der Waals surface area contributed by atoms with E-state index in [1.807, 2.05) is 23.9 Å². The molecule has 0 unspecified atom stereocenters. The average molecular weight is 347 g/mol. The molecule has 1 aliphatic heterocycles. The molecule has 1 saturated carbocycles. The summed E-state index contributed by atoms with van der Waals surface area (Å²) in [6.45, 7) is 4.21. The fraction of sp³-hybridized carbons (Fsp3) is 0.650. The molecule has 0 atom stereocenters. The Morgan fingerprint density at radius 3 is 2.46 bits per heavy atom. The van der Waals surface area contributed by atoms with Crippen molar-refractivity contribution in [2.75, 3.05) is 25.4 Å². The largest absolute Gasteiger partial charge is 0.351 e. The Morgan fingerprint density at radius 2 is 1.75 bits per heavy atom. The molecule has 4 heteroatoms. The molecule has 1 aliphatic carbocycles. The minimum atomic E-state index is 0.0620. The van der Waals surface area contributed by atoms with Crippen molar-refractivity contribution >= 4 is 17.7 Å². The van der Waals surface area contributed by atoms with Gasteiger partial charge in [-0.05, 0) is 56.5 Å². The van der Waals surface area contributed by atoms with Crippen LogP contribution in [0, 0.1) is 0 Å². The Labute approximate surface area is 150 Å². The quantitative estimate of drug-likeness (QED) is 0.755. The lowest BCUT2D eigenvalue weighted by atomic mass is 10.0. The fourth-order valence-corrected chi connectivity index (χ4v) is 4.90. The Morgan fingerprint density at radius 1 is 1.04 bits per heavy atom. The van der Waals surface area contributed by atoms with E-state index in [1.165, 1.54) is 63.6 Å².